The molecule has 8 heteroatoms. The third-order valence-corrected chi connectivity index (χ3v) is 6.44. The van der Waals surface area contributed by atoms with Gasteiger partial charge in [-0.2, -0.15) is 0 Å². The van der Waals surface area contributed by atoms with E-state index in [4.69, 9.17) is 25.8 Å². The Balaban J connectivity index is 2.04. The maximum atomic E-state index is 13.5. The van der Waals surface area contributed by atoms with Crippen molar-refractivity contribution < 1.29 is 28.9 Å². The van der Waals surface area contributed by atoms with Gasteiger partial charge in [-0.25, -0.2) is 0 Å². The van der Waals surface area contributed by atoms with Gasteiger partial charge in [-0.15, -0.1) is 0 Å². The summed E-state index contributed by atoms with van der Waals surface area (Å²) in [4.78, 5) is 28.4. The Kier molecular flexibility index (Phi) is 6.95. The first kappa shape index (κ1) is 25.1. The number of hydrogen-bond acceptors (Lipinski definition) is 6. The molecule has 1 fully saturated rings. The highest BCUT2D eigenvalue weighted by molar-refractivity contribution is 6.52. The monoisotopic (exact) mass is 507 g/mol. The number of benzene rings is 3. The van der Waals surface area contributed by atoms with Crippen molar-refractivity contribution in [3.63, 3.8) is 0 Å². The van der Waals surface area contributed by atoms with Crippen LogP contribution >= 0.6 is 11.6 Å². The molecule has 1 heterocycles. The Labute approximate surface area is 214 Å². The molecule has 0 spiro atoms. The molecule has 0 saturated carbocycles. The number of rotatable bonds is 6. The number of amides is 1. The van der Waals surface area contributed by atoms with Crippen molar-refractivity contribution >= 4 is 34.7 Å². The van der Waals surface area contributed by atoms with E-state index in [0.29, 0.717) is 39.1 Å². The van der Waals surface area contributed by atoms with E-state index in [9.17, 15) is 14.7 Å². The van der Waals surface area contributed by atoms with Crippen LogP contribution in [0.25, 0.3) is 5.76 Å². The Morgan fingerprint density at radius 2 is 1.53 bits per heavy atom. The number of carbonyl (C=O) groups is 2. The molecule has 1 aliphatic heterocycles. The lowest BCUT2D eigenvalue weighted by Gasteiger charge is -2.27. The fraction of sp³-hybridized carbons (Fsp3) is 0.214. The van der Waals surface area contributed by atoms with Crippen molar-refractivity contribution in [2.24, 2.45) is 0 Å². The number of aryl methyl sites for hydroxylation is 2. The maximum absolute atomic E-state index is 13.5. The molecule has 0 bridgehead atoms. The Hall–Kier alpha value is -3.97. The fourth-order valence-electron chi connectivity index (χ4n) is 4.41. The van der Waals surface area contributed by atoms with E-state index in [-0.39, 0.29) is 11.3 Å². The number of ether oxygens (including phenoxy) is 3. The number of ketones is 1. The molecule has 186 valence electrons. The number of halogens is 1. The molecule has 1 unspecified atom stereocenters. The second-order valence-electron chi connectivity index (χ2n) is 8.42. The standard InChI is InChI=1S/C28H26ClNO6/c1-15-6-10-21(34-3)19(12-15)26(31)24-25(17-8-11-22(35-4)23(13-17)36-5)30(28(33)27(24)32)20-14-18(29)9-7-16(20)2/h6-14,25,31H,1-5H3/b26-24+. The highest BCUT2D eigenvalue weighted by Gasteiger charge is 2.48. The molecule has 1 aliphatic rings. The minimum Gasteiger partial charge on any atom is -0.507 e. The quantitative estimate of drug-likeness (QED) is 0.265. The van der Waals surface area contributed by atoms with Crippen molar-refractivity contribution in [2.75, 3.05) is 26.2 Å². The third-order valence-electron chi connectivity index (χ3n) is 6.21. The second kappa shape index (κ2) is 9.95. The molecule has 1 N–H and O–H groups in total. The number of Topliss-reactive ketones (excluding diaryl/α,β-unsaturated/α-hetero) is 1. The van der Waals surface area contributed by atoms with Crippen LogP contribution in [-0.4, -0.2) is 38.1 Å². The molecule has 1 atom stereocenters. The van der Waals surface area contributed by atoms with E-state index in [0.717, 1.165) is 11.1 Å². The van der Waals surface area contributed by atoms with Gasteiger partial charge in [0.25, 0.3) is 11.7 Å². The molecular formula is C28H26ClNO6. The fourth-order valence-corrected chi connectivity index (χ4v) is 4.58. The van der Waals surface area contributed by atoms with Gasteiger partial charge in [0.05, 0.1) is 38.5 Å². The summed E-state index contributed by atoms with van der Waals surface area (Å²) in [6.07, 6.45) is 0. The Morgan fingerprint density at radius 3 is 2.19 bits per heavy atom. The molecule has 3 aromatic carbocycles. The number of nitrogens with zero attached hydrogens (tertiary/aromatic N) is 1. The minimum absolute atomic E-state index is 0.0736. The van der Waals surface area contributed by atoms with Crippen molar-refractivity contribution in [3.05, 3.63) is 87.4 Å². The van der Waals surface area contributed by atoms with E-state index in [1.807, 2.05) is 19.9 Å². The molecular weight excluding hydrogens is 482 g/mol. The summed E-state index contributed by atoms with van der Waals surface area (Å²) in [7, 11) is 4.49. The van der Waals surface area contributed by atoms with Gasteiger partial charge in [0.15, 0.2) is 11.5 Å². The zero-order valence-electron chi connectivity index (χ0n) is 20.6. The Bertz CT molecular complexity index is 1400. The van der Waals surface area contributed by atoms with E-state index < -0.39 is 17.7 Å². The largest absolute Gasteiger partial charge is 0.507 e. The van der Waals surface area contributed by atoms with Crippen LogP contribution in [0, 0.1) is 13.8 Å². The molecule has 3 aromatic rings. The zero-order valence-corrected chi connectivity index (χ0v) is 21.3. The van der Waals surface area contributed by atoms with E-state index in [1.165, 1.54) is 26.2 Å². The predicted molar refractivity (Wildman–Crippen MR) is 138 cm³/mol. The van der Waals surface area contributed by atoms with Crippen LogP contribution in [0.2, 0.25) is 5.02 Å². The molecule has 0 radical (unpaired) electrons. The number of methoxy groups -OCH3 is 3. The van der Waals surface area contributed by atoms with E-state index in [1.54, 1.807) is 48.5 Å². The van der Waals surface area contributed by atoms with Gasteiger partial charge in [0.2, 0.25) is 0 Å². The first-order valence-electron chi connectivity index (χ1n) is 11.2. The molecule has 7 nitrogen and oxygen atoms in total. The SMILES string of the molecule is COc1ccc(C2/C(=C(\O)c3cc(C)ccc3OC)C(=O)C(=O)N2c2cc(Cl)ccc2C)cc1OC. The lowest BCUT2D eigenvalue weighted by atomic mass is 9.94. The summed E-state index contributed by atoms with van der Waals surface area (Å²) in [5.41, 5.74) is 2.82. The average molecular weight is 508 g/mol. The number of aliphatic hydroxyl groups is 1. The number of anilines is 1. The van der Waals surface area contributed by atoms with Gasteiger partial charge in [0.1, 0.15) is 11.5 Å². The minimum atomic E-state index is -0.966. The highest BCUT2D eigenvalue weighted by atomic mass is 35.5. The smallest absolute Gasteiger partial charge is 0.300 e. The summed E-state index contributed by atoms with van der Waals surface area (Å²) in [5, 5.41) is 11.9. The van der Waals surface area contributed by atoms with Crippen molar-refractivity contribution in [3.8, 4) is 17.2 Å². The topological polar surface area (TPSA) is 85.3 Å². The number of aliphatic hydroxyl groups excluding tert-OH is 1. The van der Waals surface area contributed by atoms with Crippen LogP contribution in [-0.2, 0) is 9.59 Å². The lowest BCUT2D eigenvalue weighted by molar-refractivity contribution is -0.132. The maximum Gasteiger partial charge on any atom is 0.300 e. The first-order chi connectivity index (χ1) is 17.2. The van der Waals surface area contributed by atoms with Gasteiger partial charge in [0, 0.05) is 10.7 Å². The molecule has 0 aliphatic carbocycles. The van der Waals surface area contributed by atoms with Crippen LogP contribution < -0.4 is 19.1 Å². The van der Waals surface area contributed by atoms with Gasteiger partial charge in [-0.3, -0.25) is 14.5 Å². The molecule has 1 saturated heterocycles. The van der Waals surface area contributed by atoms with Crippen LogP contribution in [0.3, 0.4) is 0 Å². The highest BCUT2D eigenvalue weighted by Crippen LogP contribution is 2.46. The number of carbonyl (C=O) groups excluding carboxylic acids is 2. The Morgan fingerprint density at radius 1 is 0.861 bits per heavy atom. The summed E-state index contributed by atoms with van der Waals surface area (Å²) in [6.45, 7) is 3.68. The van der Waals surface area contributed by atoms with Crippen LogP contribution in [0.5, 0.6) is 17.2 Å². The summed E-state index contributed by atoms with van der Waals surface area (Å²) in [5.74, 6) is -0.678. The van der Waals surface area contributed by atoms with Gasteiger partial charge in [-0.1, -0.05) is 35.4 Å². The van der Waals surface area contributed by atoms with Crippen LogP contribution in [0.15, 0.2) is 60.2 Å². The molecule has 4 rings (SSSR count). The van der Waals surface area contributed by atoms with E-state index >= 15 is 0 Å². The summed E-state index contributed by atoms with van der Waals surface area (Å²) >= 11 is 6.27. The summed E-state index contributed by atoms with van der Waals surface area (Å²) in [6, 6.07) is 14.5. The predicted octanol–water partition coefficient (Wildman–Crippen LogP) is 5.61. The summed E-state index contributed by atoms with van der Waals surface area (Å²) < 4.78 is 16.3. The second-order valence-corrected chi connectivity index (χ2v) is 8.85. The lowest BCUT2D eigenvalue weighted by Crippen LogP contribution is -2.30. The van der Waals surface area contributed by atoms with Gasteiger partial charge < -0.3 is 19.3 Å². The van der Waals surface area contributed by atoms with Gasteiger partial charge in [-0.05, 0) is 61.4 Å². The number of hydrogen-bond donors (Lipinski definition) is 1. The molecule has 36 heavy (non-hydrogen) atoms. The van der Waals surface area contributed by atoms with E-state index in [2.05, 4.69) is 0 Å². The molecule has 0 aromatic heterocycles. The third kappa shape index (κ3) is 4.27. The van der Waals surface area contributed by atoms with Crippen LogP contribution in [0.4, 0.5) is 5.69 Å². The molecule has 1 amide bonds. The van der Waals surface area contributed by atoms with Crippen molar-refractivity contribution in [1.82, 2.24) is 0 Å². The average Bonchev–Trinajstić information content (AvgIpc) is 3.14. The first-order valence-corrected chi connectivity index (χ1v) is 11.5. The van der Waals surface area contributed by atoms with Gasteiger partial charge >= 0.3 is 0 Å². The normalized spacial score (nSPS) is 16.8. The van der Waals surface area contributed by atoms with Crippen molar-refractivity contribution in [1.29, 1.82) is 0 Å². The van der Waals surface area contributed by atoms with Crippen molar-refractivity contribution in [2.45, 2.75) is 19.9 Å². The zero-order chi connectivity index (χ0) is 26.1. The van der Waals surface area contributed by atoms with Crippen LogP contribution in [0.1, 0.15) is 28.3 Å².